The number of carbonyl (C=O) groups excluding carboxylic acids is 2. The largest absolute Gasteiger partial charge is 0.481 e. The van der Waals surface area contributed by atoms with Crippen LogP contribution in [-0.4, -0.2) is 47.5 Å². The smallest absolute Gasteiger partial charge is 0.321 e. The monoisotopic (exact) mass is 335 g/mol. The van der Waals surface area contributed by atoms with Gasteiger partial charge < -0.3 is 20.6 Å². The van der Waals surface area contributed by atoms with Crippen LogP contribution in [0.4, 0.5) is 10.5 Å². The molecule has 7 nitrogen and oxygen atoms in total. The lowest BCUT2D eigenvalue weighted by atomic mass is 10.1. The first kappa shape index (κ1) is 19.5. The van der Waals surface area contributed by atoms with E-state index in [1.807, 2.05) is 13.8 Å². The van der Waals surface area contributed by atoms with Crippen molar-refractivity contribution in [1.82, 2.24) is 10.2 Å². The van der Waals surface area contributed by atoms with Gasteiger partial charge in [0.05, 0.1) is 5.92 Å². The van der Waals surface area contributed by atoms with E-state index in [-0.39, 0.29) is 18.5 Å². The number of carboxylic acid groups (broad SMARTS) is 1. The summed E-state index contributed by atoms with van der Waals surface area (Å²) in [4.78, 5) is 36.3. The number of aliphatic carboxylic acids is 1. The summed E-state index contributed by atoms with van der Waals surface area (Å²) in [5.74, 6) is -1.76. The van der Waals surface area contributed by atoms with Crippen LogP contribution in [0.15, 0.2) is 18.2 Å². The molecule has 0 aliphatic rings. The number of nitrogens with zero attached hydrogens (tertiary/aromatic N) is 1. The summed E-state index contributed by atoms with van der Waals surface area (Å²) < 4.78 is 0. The average molecular weight is 335 g/mol. The molecule has 1 aromatic carbocycles. The van der Waals surface area contributed by atoms with E-state index in [4.69, 9.17) is 5.11 Å². The fourth-order valence-electron chi connectivity index (χ4n) is 2.13. The molecule has 3 amide bonds. The third-order valence-electron chi connectivity index (χ3n) is 3.46. The molecule has 1 aromatic rings. The SMILES string of the molecule is Cc1cc(NC(=O)N(C)CC(C)C(=O)O)ccc1C(=O)NC(C)C. The third kappa shape index (κ3) is 5.57. The van der Waals surface area contributed by atoms with Gasteiger partial charge in [-0.2, -0.15) is 0 Å². The Bertz CT molecular complexity index is 628. The van der Waals surface area contributed by atoms with Crippen molar-refractivity contribution in [2.24, 2.45) is 5.92 Å². The number of anilines is 1. The maximum Gasteiger partial charge on any atom is 0.321 e. The molecule has 0 bridgehead atoms. The van der Waals surface area contributed by atoms with Crippen LogP contribution >= 0.6 is 0 Å². The molecule has 3 N–H and O–H groups in total. The molecule has 0 aliphatic heterocycles. The van der Waals surface area contributed by atoms with Gasteiger partial charge in [-0.15, -0.1) is 0 Å². The van der Waals surface area contributed by atoms with Crippen LogP contribution in [0.2, 0.25) is 0 Å². The number of amides is 3. The molecule has 7 heteroatoms. The van der Waals surface area contributed by atoms with Crippen molar-refractivity contribution in [2.75, 3.05) is 18.9 Å². The molecular formula is C17H25N3O4. The van der Waals surface area contributed by atoms with Gasteiger partial charge in [0, 0.05) is 30.9 Å². The number of benzene rings is 1. The molecule has 0 radical (unpaired) electrons. The second-order valence-corrected chi connectivity index (χ2v) is 6.21. The molecule has 1 atom stereocenters. The first-order valence-corrected chi connectivity index (χ1v) is 7.78. The Balaban J connectivity index is 2.75. The molecule has 1 unspecified atom stereocenters. The number of rotatable bonds is 6. The van der Waals surface area contributed by atoms with E-state index in [1.54, 1.807) is 32.0 Å². The van der Waals surface area contributed by atoms with E-state index in [0.717, 1.165) is 5.56 Å². The zero-order chi connectivity index (χ0) is 18.4. The zero-order valence-corrected chi connectivity index (χ0v) is 14.7. The van der Waals surface area contributed by atoms with E-state index in [2.05, 4.69) is 10.6 Å². The Morgan fingerprint density at radius 3 is 2.33 bits per heavy atom. The predicted molar refractivity (Wildman–Crippen MR) is 92.2 cm³/mol. The topological polar surface area (TPSA) is 98.7 Å². The number of hydrogen-bond donors (Lipinski definition) is 3. The Labute approximate surface area is 142 Å². The summed E-state index contributed by atoms with van der Waals surface area (Å²) in [6.45, 7) is 7.21. The number of carboxylic acids is 1. The molecule has 0 heterocycles. The van der Waals surface area contributed by atoms with Gasteiger partial charge in [0.15, 0.2) is 0 Å². The van der Waals surface area contributed by atoms with Crippen LogP contribution in [0.25, 0.3) is 0 Å². The van der Waals surface area contributed by atoms with Gasteiger partial charge in [-0.3, -0.25) is 9.59 Å². The van der Waals surface area contributed by atoms with Gasteiger partial charge in [0.2, 0.25) is 0 Å². The summed E-state index contributed by atoms with van der Waals surface area (Å²) >= 11 is 0. The lowest BCUT2D eigenvalue weighted by molar-refractivity contribution is -0.141. The van der Waals surface area contributed by atoms with Gasteiger partial charge in [-0.05, 0) is 44.5 Å². The van der Waals surface area contributed by atoms with Gasteiger partial charge >= 0.3 is 12.0 Å². The van der Waals surface area contributed by atoms with Crippen LogP contribution in [0.3, 0.4) is 0 Å². The van der Waals surface area contributed by atoms with Gasteiger partial charge in [0.1, 0.15) is 0 Å². The van der Waals surface area contributed by atoms with Crippen LogP contribution < -0.4 is 10.6 Å². The van der Waals surface area contributed by atoms with E-state index in [0.29, 0.717) is 11.3 Å². The van der Waals surface area contributed by atoms with Crippen LogP contribution in [-0.2, 0) is 4.79 Å². The first-order chi connectivity index (χ1) is 11.1. The van der Waals surface area contributed by atoms with E-state index < -0.39 is 17.9 Å². The lowest BCUT2D eigenvalue weighted by Crippen LogP contribution is -2.36. The highest BCUT2D eigenvalue weighted by Gasteiger charge is 2.18. The Hall–Kier alpha value is -2.57. The standard InChI is InChI=1S/C17H25N3O4/c1-10(2)18-15(21)14-7-6-13(8-11(14)3)19-17(24)20(5)9-12(4)16(22)23/h6-8,10,12H,9H2,1-5H3,(H,18,21)(H,19,24)(H,22,23). The van der Waals surface area contributed by atoms with Crippen molar-refractivity contribution in [3.8, 4) is 0 Å². The maximum atomic E-state index is 12.1. The number of hydrogen-bond acceptors (Lipinski definition) is 3. The fourth-order valence-corrected chi connectivity index (χ4v) is 2.13. The van der Waals surface area contributed by atoms with Crippen molar-refractivity contribution in [3.63, 3.8) is 0 Å². The zero-order valence-electron chi connectivity index (χ0n) is 14.7. The number of nitrogens with one attached hydrogen (secondary N) is 2. The molecule has 0 saturated heterocycles. The van der Waals surface area contributed by atoms with Crippen molar-refractivity contribution in [2.45, 2.75) is 33.7 Å². The van der Waals surface area contributed by atoms with E-state index >= 15 is 0 Å². The second-order valence-electron chi connectivity index (χ2n) is 6.21. The summed E-state index contributed by atoms with van der Waals surface area (Å²) in [5.41, 5.74) is 1.84. The van der Waals surface area contributed by atoms with Gasteiger partial charge in [-0.25, -0.2) is 4.79 Å². The highest BCUT2D eigenvalue weighted by molar-refractivity contribution is 5.97. The minimum absolute atomic E-state index is 0.0427. The number of urea groups is 1. The molecular weight excluding hydrogens is 310 g/mol. The summed E-state index contributed by atoms with van der Waals surface area (Å²) in [6.07, 6.45) is 0. The Kier molecular flexibility index (Phi) is 6.76. The molecule has 1 rings (SSSR count). The highest BCUT2D eigenvalue weighted by Crippen LogP contribution is 2.16. The van der Waals surface area contributed by atoms with Crippen molar-refractivity contribution in [1.29, 1.82) is 0 Å². The summed E-state index contributed by atoms with van der Waals surface area (Å²) in [6, 6.07) is 4.65. The van der Waals surface area contributed by atoms with Crippen molar-refractivity contribution < 1.29 is 19.5 Å². The molecule has 24 heavy (non-hydrogen) atoms. The number of carbonyl (C=O) groups is 3. The van der Waals surface area contributed by atoms with E-state index in [9.17, 15) is 14.4 Å². The quantitative estimate of drug-likeness (QED) is 0.743. The summed E-state index contributed by atoms with van der Waals surface area (Å²) in [5, 5.41) is 14.4. The Morgan fingerprint density at radius 2 is 1.83 bits per heavy atom. The number of aryl methyl sites for hydroxylation is 1. The van der Waals surface area contributed by atoms with Crippen LogP contribution in [0, 0.1) is 12.8 Å². The van der Waals surface area contributed by atoms with E-state index in [1.165, 1.54) is 11.9 Å². The minimum atomic E-state index is -0.953. The highest BCUT2D eigenvalue weighted by atomic mass is 16.4. The van der Waals surface area contributed by atoms with Crippen LogP contribution in [0.1, 0.15) is 36.7 Å². The van der Waals surface area contributed by atoms with Crippen molar-refractivity contribution in [3.05, 3.63) is 29.3 Å². The second kappa shape index (κ2) is 8.33. The molecule has 0 fully saturated rings. The Morgan fingerprint density at radius 1 is 1.21 bits per heavy atom. The molecule has 132 valence electrons. The third-order valence-corrected chi connectivity index (χ3v) is 3.46. The molecule has 0 spiro atoms. The molecule has 0 aromatic heterocycles. The van der Waals surface area contributed by atoms with Gasteiger partial charge in [0.25, 0.3) is 5.91 Å². The predicted octanol–water partition coefficient (Wildman–Crippen LogP) is 2.32. The molecule has 0 saturated carbocycles. The maximum absolute atomic E-state index is 12.1. The summed E-state index contributed by atoms with van der Waals surface area (Å²) in [7, 11) is 1.53. The van der Waals surface area contributed by atoms with Crippen molar-refractivity contribution >= 4 is 23.6 Å². The van der Waals surface area contributed by atoms with Gasteiger partial charge in [-0.1, -0.05) is 6.92 Å². The average Bonchev–Trinajstić information content (AvgIpc) is 2.45. The molecule has 0 aliphatic carbocycles. The van der Waals surface area contributed by atoms with Crippen LogP contribution in [0.5, 0.6) is 0 Å². The first-order valence-electron chi connectivity index (χ1n) is 7.78. The normalized spacial score (nSPS) is 11.8. The minimum Gasteiger partial charge on any atom is -0.481 e. The lowest BCUT2D eigenvalue weighted by Gasteiger charge is -2.20. The fraction of sp³-hybridized carbons (Fsp3) is 0.471.